The molecule has 2 amide bonds. The largest absolute Gasteiger partial charge is 0.354 e. The van der Waals surface area contributed by atoms with Crippen LogP contribution in [0.25, 0.3) is 0 Å². The van der Waals surface area contributed by atoms with Gasteiger partial charge in [0.25, 0.3) is 0 Å². The molecule has 6 rings (SSSR count). The smallest absolute Gasteiger partial charge is 0.244 e. The Bertz CT molecular complexity index is 1340. The van der Waals surface area contributed by atoms with Gasteiger partial charge < -0.3 is 10.2 Å². The number of carbonyl (C=O) groups excluding carboxylic acids is 2. The molecule has 2 aromatic rings. The lowest BCUT2D eigenvalue weighted by molar-refractivity contribution is -0.140. The van der Waals surface area contributed by atoms with Gasteiger partial charge in [-0.15, -0.1) is 0 Å². The summed E-state index contributed by atoms with van der Waals surface area (Å²) in [5.74, 6) is 1.77. The summed E-state index contributed by atoms with van der Waals surface area (Å²) in [6, 6.07) is 14.3. The first-order valence-electron chi connectivity index (χ1n) is 15.4. The maximum absolute atomic E-state index is 13.9. The zero-order valence-corrected chi connectivity index (χ0v) is 26.6. The molecule has 42 heavy (non-hydrogen) atoms. The molecule has 7 nitrogen and oxygen atoms in total. The van der Waals surface area contributed by atoms with Crippen LogP contribution in [0.4, 0.5) is 5.69 Å². The van der Waals surface area contributed by atoms with E-state index in [9.17, 15) is 18.0 Å². The third kappa shape index (κ3) is 6.65. The molecule has 0 heterocycles. The number of rotatable bonds is 12. The van der Waals surface area contributed by atoms with Gasteiger partial charge in [0.15, 0.2) is 0 Å². The summed E-state index contributed by atoms with van der Waals surface area (Å²) >= 11 is 6.08. The molecule has 4 fully saturated rings. The first kappa shape index (κ1) is 30.9. The number of amides is 2. The second-order valence-corrected chi connectivity index (χ2v) is 15.2. The fourth-order valence-corrected chi connectivity index (χ4v) is 9.11. The summed E-state index contributed by atoms with van der Waals surface area (Å²) in [4.78, 5) is 28.5. The molecule has 0 radical (unpaired) electrons. The molecule has 1 atom stereocenters. The highest BCUT2D eigenvalue weighted by Crippen LogP contribution is 2.60. The molecule has 9 heteroatoms. The highest BCUT2D eigenvalue weighted by molar-refractivity contribution is 7.92. The second kappa shape index (κ2) is 12.6. The van der Waals surface area contributed by atoms with Crippen LogP contribution in [0.3, 0.4) is 0 Å². The van der Waals surface area contributed by atoms with Gasteiger partial charge in [-0.3, -0.25) is 13.9 Å². The fraction of sp³-hybridized carbons (Fsp3) is 0.576. The van der Waals surface area contributed by atoms with Crippen LogP contribution in [-0.2, 0) is 31.6 Å². The normalized spacial score (nSPS) is 25.2. The maximum Gasteiger partial charge on any atom is 0.244 e. The zero-order valence-electron chi connectivity index (χ0n) is 25.0. The van der Waals surface area contributed by atoms with Crippen molar-refractivity contribution in [2.24, 2.45) is 17.8 Å². The van der Waals surface area contributed by atoms with E-state index in [4.69, 9.17) is 11.6 Å². The van der Waals surface area contributed by atoms with Crippen LogP contribution in [0.2, 0.25) is 5.02 Å². The van der Waals surface area contributed by atoms with Gasteiger partial charge in [-0.25, -0.2) is 8.42 Å². The Morgan fingerprint density at radius 2 is 1.52 bits per heavy atom. The van der Waals surface area contributed by atoms with Crippen molar-refractivity contribution in [1.29, 1.82) is 0 Å². The summed E-state index contributed by atoms with van der Waals surface area (Å²) in [6.45, 7) is 4.10. The fourth-order valence-electron chi connectivity index (χ4n) is 8.13. The van der Waals surface area contributed by atoms with Gasteiger partial charge in [-0.05, 0) is 110 Å². The molecule has 4 bridgehead atoms. The molecule has 4 saturated carbocycles. The number of hydrogen-bond acceptors (Lipinski definition) is 4. The Labute approximate surface area is 256 Å². The van der Waals surface area contributed by atoms with Gasteiger partial charge in [0, 0.05) is 18.1 Å². The molecule has 4 aliphatic rings. The standard InChI is InChI=1S/C33H44ClN3O4S/c1-4-14-35-32(39)30(5-2)36(21-23-6-10-28(34)11-7-23)31(38)22-37(42(3,40)41)29-12-8-27(9-13-29)33-18-24-15-25(19-33)17-26(16-24)20-33/h6-13,24-26,30H,4-5,14-22H2,1-3H3,(H,35,39)/t24?,25?,26?,30-,33?/m0/s1. The topological polar surface area (TPSA) is 86.8 Å². The van der Waals surface area contributed by atoms with Crippen molar-refractivity contribution < 1.29 is 18.0 Å². The van der Waals surface area contributed by atoms with Gasteiger partial charge >= 0.3 is 0 Å². The molecule has 0 aliphatic heterocycles. The molecule has 0 unspecified atom stereocenters. The van der Waals surface area contributed by atoms with Crippen molar-refractivity contribution in [3.8, 4) is 0 Å². The lowest BCUT2D eigenvalue weighted by Gasteiger charge is -2.57. The molecule has 0 saturated heterocycles. The number of halogens is 1. The Hall–Kier alpha value is -2.58. The number of nitrogens with one attached hydrogen (secondary N) is 1. The highest BCUT2D eigenvalue weighted by Gasteiger charge is 2.51. The van der Waals surface area contributed by atoms with Crippen LogP contribution in [0.1, 0.15) is 76.3 Å². The minimum atomic E-state index is -3.78. The SMILES string of the molecule is CCCNC(=O)[C@H](CC)N(Cc1ccc(Cl)cc1)C(=O)CN(c1ccc(C23CC4CC(CC(C4)C2)C3)cc1)S(C)(=O)=O. The van der Waals surface area contributed by atoms with Crippen molar-refractivity contribution >= 4 is 39.1 Å². The summed E-state index contributed by atoms with van der Waals surface area (Å²) in [5, 5.41) is 3.48. The number of sulfonamides is 1. The number of nitrogens with zero attached hydrogens (tertiary/aromatic N) is 2. The maximum atomic E-state index is 13.9. The third-order valence-corrected chi connectivity index (χ3v) is 11.1. The first-order chi connectivity index (χ1) is 20.0. The zero-order chi connectivity index (χ0) is 30.1. The highest BCUT2D eigenvalue weighted by atomic mass is 35.5. The van der Waals surface area contributed by atoms with Gasteiger partial charge in [0.1, 0.15) is 12.6 Å². The molecule has 228 valence electrons. The number of anilines is 1. The number of benzene rings is 2. The summed E-state index contributed by atoms with van der Waals surface area (Å²) in [6.07, 6.45) is 10.1. The Balaban J connectivity index is 1.39. The Morgan fingerprint density at radius 3 is 2.02 bits per heavy atom. The van der Waals surface area contributed by atoms with E-state index >= 15 is 0 Å². The molecular formula is C33H44ClN3O4S. The Kier molecular flexibility index (Phi) is 9.24. The molecular weight excluding hydrogens is 570 g/mol. The minimum Gasteiger partial charge on any atom is -0.354 e. The van der Waals surface area contributed by atoms with Gasteiger partial charge in [0.05, 0.1) is 11.9 Å². The number of carbonyl (C=O) groups is 2. The van der Waals surface area contributed by atoms with Crippen LogP contribution in [0.5, 0.6) is 0 Å². The monoisotopic (exact) mass is 613 g/mol. The van der Waals surface area contributed by atoms with Crippen LogP contribution in [-0.4, -0.2) is 50.5 Å². The van der Waals surface area contributed by atoms with Crippen molar-refractivity contribution in [3.63, 3.8) is 0 Å². The average molecular weight is 614 g/mol. The predicted molar refractivity (Wildman–Crippen MR) is 168 cm³/mol. The molecule has 0 aromatic heterocycles. The van der Waals surface area contributed by atoms with Crippen LogP contribution < -0.4 is 9.62 Å². The first-order valence-corrected chi connectivity index (χ1v) is 17.6. The summed E-state index contributed by atoms with van der Waals surface area (Å²) in [7, 11) is -3.78. The van der Waals surface area contributed by atoms with Crippen molar-refractivity contribution in [3.05, 3.63) is 64.7 Å². The van der Waals surface area contributed by atoms with E-state index in [1.165, 1.54) is 53.3 Å². The van der Waals surface area contributed by atoms with E-state index in [-0.39, 0.29) is 24.4 Å². The molecule has 2 aromatic carbocycles. The van der Waals surface area contributed by atoms with Crippen LogP contribution >= 0.6 is 11.6 Å². The minimum absolute atomic E-state index is 0.163. The third-order valence-electron chi connectivity index (χ3n) is 9.69. The van der Waals surface area contributed by atoms with E-state index in [0.717, 1.165) is 36.0 Å². The number of hydrogen-bond donors (Lipinski definition) is 1. The van der Waals surface area contributed by atoms with Crippen molar-refractivity contribution in [2.75, 3.05) is 23.7 Å². The van der Waals surface area contributed by atoms with Crippen LogP contribution in [0.15, 0.2) is 48.5 Å². The van der Waals surface area contributed by atoms with Crippen molar-refractivity contribution in [2.45, 2.75) is 83.2 Å². The van der Waals surface area contributed by atoms with E-state index in [1.54, 1.807) is 12.1 Å². The second-order valence-electron chi connectivity index (χ2n) is 12.9. The van der Waals surface area contributed by atoms with E-state index in [2.05, 4.69) is 17.4 Å². The van der Waals surface area contributed by atoms with E-state index in [1.807, 2.05) is 38.1 Å². The van der Waals surface area contributed by atoms with E-state index < -0.39 is 22.0 Å². The summed E-state index contributed by atoms with van der Waals surface area (Å²) in [5.41, 5.74) is 2.77. The average Bonchev–Trinajstić information content (AvgIpc) is 2.94. The molecule has 1 N–H and O–H groups in total. The quantitative estimate of drug-likeness (QED) is 0.323. The predicted octanol–water partition coefficient (Wildman–Crippen LogP) is 5.91. The van der Waals surface area contributed by atoms with Gasteiger partial charge in [-0.1, -0.05) is 49.7 Å². The van der Waals surface area contributed by atoms with Crippen molar-refractivity contribution in [1.82, 2.24) is 10.2 Å². The molecule has 0 spiro atoms. The van der Waals surface area contributed by atoms with E-state index in [0.29, 0.717) is 23.7 Å². The van der Waals surface area contributed by atoms with Gasteiger partial charge in [0.2, 0.25) is 21.8 Å². The lowest BCUT2D eigenvalue weighted by atomic mass is 9.48. The molecule has 4 aliphatic carbocycles. The van der Waals surface area contributed by atoms with Gasteiger partial charge in [-0.2, -0.15) is 0 Å². The Morgan fingerprint density at radius 1 is 0.952 bits per heavy atom. The lowest BCUT2D eigenvalue weighted by Crippen LogP contribution is -2.52. The summed E-state index contributed by atoms with van der Waals surface area (Å²) < 4.78 is 27.3. The van der Waals surface area contributed by atoms with Crippen LogP contribution in [0, 0.1) is 17.8 Å².